The first-order valence-corrected chi connectivity index (χ1v) is 4.18. The molecule has 1 rings (SSSR count). The Kier molecular flexibility index (Phi) is 3.41. The van der Waals surface area contributed by atoms with Crippen LogP contribution in [0.3, 0.4) is 0 Å². The number of nitrogens with two attached hydrogens (primary N) is 1. The number of methoxy groups -OCH3 is 1. The maximum atomic E-state index is 11.6. The van der Waals surface area contributed by atoms with Crippen molar-refractivity contribution in [2.24, 2.45) is 5.73 Å². The molecule has 1 heterocycles. The van der Waals surface area contributed by atoms with Crippen molar-refractivity contribution in [3.05, 3.63) is 34.2 Å². The van der Waals surface area contributed by atoms with Gasteiger partial charge in [0.05, 0.1) is 7.11 Å². The summed E-state index contributed by atoms with van der Waals surface area (Å²) >= 11 is 0. The third kappa shape index (κ3) is 2.00. The zero-order valence-electron chi connectivity index (χ0n) is 7.90. The summed E-state index contributed by atoms with van der Waals surface area (Å²) in [7, 11) is 1.24. The Labute approximate surface area is 81.1 Å². The molecule has 1 aromatic heterocycles. The van der Waals surface area contributed by atoms with Gasteiger partial charge in [0.1, 0.15) is 5.56 Å². The minimum atomic E-state index is -0.624. The van der Waals surface area contributed by atoms with Gasteiger partial charge in [-0.2, -0.15) is 0 Å². The molecule has 0 aliphatic carbocycles. The number of esters is 1. The van der Waals surface area contributed by atoms with Crippen LogP contribution >= 0.6 is 0 Å². The lowest BCUT2D eigenvalue weighted by Crippen LogP contribution is -2.28. The van der Waals surface area contributed by atoms with Gasteiger partial charge in [0.2, 0.25) is 0 Å². The number of carbonyl (C=O) groups excluding carboxylic acids is 1. The quantitative estimate of drug-likeness (QED) is 0.667. The van der Waals surface area contributed by atoms with Gasteiger partial charge in [-0.1, -0.05) is 0 Å². The predicted molar refractivity (Wildman–Crippen MR) is 51.1 cm³/mol. The summed E-state index contributed by atoms with van der Waals surface area (Å²) in [5.41, 5.74) is 4.97. The Morgan fingerprint density at radius 1 is 1.64 bits per heavy atom. The summed E-state index contributed by atoms with van der Waals surface area (Å²) < 4.78 is 5.85. The topological polar surface area (TPSA) is 74.3 Å². The van der Waals surface area contributed by atoms with Crippen LogP contribution in [0.15, 0.2) is 23.1 Å². The van der Waals surface area contributed by atoms with Crippen molar-refractivity contribution >= 4 is 5.97 Å². The molecule has 1 aromatic rings. The molecule has 0 unspecified atom stereocenters. The average molecular weight is 196 g/mol. The average Bonchev–Trinajstić information content (AvgIpc) is 2.20. The van der Waals surface area contributed by atoms with Crippen LogP contribution in [-0.4, -0.2) is 24.2 Å². The van der Waals surface area contributed by atoms with Crippen molar-refractivity contribution in [2.75, 3.05) is 13.7 Å². The SMILES string of the molecule is COC(=O)c1cccn(CCN)c1=O. The van der Waals surface area contributed by atoms with E-state index in [-0.39, 0.29) is 11.1 Å². The summed E-state index contributed by atoms with van der Waals surface area (Å²) in [6.07, 6.45) is 1.58. The van der Waals surface area contributed by atoms with Crippen molar-refractivity contribution < 1.29 is 9.53 Å². The van der Waals surface area contributed by atoms with E-state index >= 15 is 0 Å². The second kappa shape index (κ2) is 4.57. The van der Waals surface area contributed by atoms with Crippen molar-refractivity contribution in [3.63, 3.8) is 0 Å². The van der Waals surface area contributed by atoms with Crippen LogP contribution in [0.4, 0.5) is 0 Å². The zero-order valence-corrected chi connectivity index (χ0v) is 7.90. The Morgan fingerprint density at radius 3 is 2.93 bits per heavy atom. The maximum Gasteiger partial charge on any atom is 0.343 e. The normalized spacial score (nSPS) is 9.86. The molecule has 0 saturated heterocycles. The lowest BCUT2D eigenvalue weighted by Gasteiger charge is -2.04. The molecule has 0 saturated carbocycles. The van der Waals surface area contributed by atoms with E-state index in [2.05, 4.69) is 4.74 Å². The number of carbonyl (C=O) groups is 1. The molecule has 0 spiro atoms. The molecule has 0 bridgehead atoms. The third-order valence-corrected chi connectivity index (χ3v) is 1.80. The standard InChI is InChI=1S/C9H12N2O3/c1-14-9(13)7-3-2-5-11(6-4-10)8(7)12/h2-3,5H,4,6,10H2,1H3. The summed E-state index contributed by atoms with van der Waals surface area (Å²) in [6.45, 7) is 0.744. The van der Waals surface area contributed by atoms with Gasteiger partial charge in [0.15, 0.2) is 0 Å². The lowest BCUT2D eigenvalue weighted by molar-refractivity contribution is 0.0598. The smallest absolute Gasteiger partial charge is 0.343 e. The fourth-order valence-corrected chi connectivity index (χ4v) is 1.12. The van der Waals surface area contributed by atoms with Gasteiger partial charge < -0.3 is 15.0 Å². The number of aromatic nitrogens is 1. The van der Waals surface area contributed by atoms with Crippen molar-refractivity contribution in [1.29, 1.82) is 0 Å². The van der Waals surface area contributed by atoms with E-state index < -0.39 is 5.97 Å². The minimum absolute atomic E-state index is 0.0310. The van der Waals surface area contributed by atoms with Gasteiger partial charge >= 0.3 is 5.97 Å². The van der Waals surface area contributed by atoms with Crippen molar-refractivity contribution in [2.45, 2.75) is 6.54 Å². The van der Waals surface area contributed by atoms with E-state index in [1.807, 2.05) is 0 Å². The van der Waals surface area contributed by atoms with Crippen molar-refractivity contribution in [3.8, 4) is 0 Å². The highest BCUT2D eigenvalue weighted by atomic mass is 16.5. The first-order chi connectivity index (χ1) is 6.70. The first kappa shape index (κ1) is 10.5. The van der Waals surface area contributed by atoms with Gasteiger partial charge in [-0.3, -0.25) is 4.79 Å². The van der Waals surface area contributed by atoms with Gasteiger partial charge in [0, 0.05) is 19.3 Å². The zero-order chi connectivity index (χ0) is 10.6. The first-order valence-electron chi connectivity index (χ1n) is 4.18. The summed E-state index contributed by atoms with van der Waals surface area (Å²) in [5, 5.41) is 0. The second-order valence-corrected chi connectivity index (χ2v) is 2.70. The maximum absolute atomic E-state index is 11.6. The number of nitrogens with zero attached hydrogens (tertiary/aromatic N) is 1. The molecule has 76 valence electrons. The highest BCUT2D eigenvalue weighted by Crippen LogP contribution is 1.94. The number of hydrogen-bond acceptors (Lipinski definition) is 4. The third-order valence-electron chi connectivity index (χ3n) is 1.80. The highest BCUT2D eigenvalue weighted by Gasteiger charge is 2.11. The Balaban J connectivity index is 3.14. The van der Waals surface area contributed by atoms with Crippen LogP contribution in [0.2, 0.25) is 0 Å². The van der Waals surface area contributed by atoms with Gasteiger partial charge in [-0.05, 0) is 12.1 Å². The molecular weight excluding hydrogens is 184 g/mol. The largest absolute Gasteiger partial charge is 0.465 e. The molecule has 5 nitrogen and oxygen atoms in total. The van der Waals surface area contributed by atoms with Gasteiger partial charge in [-0.15, -0.1) is 0 Å². The number of hydrogen-bond donors (Lipinski definition) is 1. The lowest BCUT2D eigenvalue weighted by atomic mass is 10.3. The molecule has 5 heteroatoms. The summed E-state index contributed by atoms with van der Waals surface area (Å²) in [5.74, 6) is -0.624. The summed E-state index contributed by atoms with van der Waals surface area (Å²) in [6, 6.07) is 3.05. The van der Waals surface area contributed by atoms with Crippen LogP contribution in [0.5, 0.6) is 0 Å². The second-order valence-electron chi connectivity index (χ2n) is 2.70. The van der Waals surface area contributed by atoms with E-state index in [1.54, 1.807) is 12.3 Å². The van der Waals surface area contributed by atoms with Gasteiger partial charge in [-0.25, -0.2) is 4.79 Å². The highest BCUT2D eigenvalue weighted by molar-refractivity contribution is 5.88. The number of rotatable bonds is 3. The fraction of sp³-hybridized carbons (Fsp3) is 0.333. The molecule has 14 heavy (non-hydrogen) atoms. The molecule has 0 aromatic carbocycles. The summed E-state index contributed by atoms with van der Waals surface area (Å²) in [4.78, 5) is 22.7. The Bertz CT molecular complexity index is 384. The molecular formula is C9H12N2O3. The molecule has 2 N–H and O–H groups in total. The van der Waals surface area contributed by atoms with Crippen LogP contribution in [0, 0.1) is 0 Å². The number of ether oxygens (including phenoxy) is 1. The van der Waals surface area contributed by atoms with Crippen LogP contribution in [0.25, 0.3) is 0 Å². The predicted octanol–water partition coefficient (Wildman–Crippen LogP) is -0.406. The molecule has 0 atom stereocenters. The monoisotopic (exact) mass is 196 g/mol. The number of pyridine rings is 1. The molecule has 0 fully saturated rings. The van der Waals surface area contributed by atoms with Gasteiger partial charge in [0.25, 0.3) is 5.56 Å². The fourth-order valence-electron chi connectivity index (χ4n) is 1.12. The van der Waals surface area contributed by atoms with E-state index in [1.165, 1.54) is 17.7 Å². The van der Waals surface area contributed by atoms with E-state index in [0.717, 1.165) is 0 Å². The minimum Gasteiger partial charge on any atom is -0.465 e. The molecule has 0 aliphatic heterocycles. The van der Waals surface area contributed by atoms with E-state index in [9.17, 15) is 9.59 Å². The van der Waals surface area contributed by atoms with E-state index in [4.69, 9.17) is 5.73 Å². The molecule has 0 radical (unpaired) electrons. The van der Waals surface area contributed by atoms with Crippen LogP contribution < -0.4 is 11.3 Å². The molecule has 0 aliphatic rings. The van der Waals surface area contributed by atoms with Crippen LogP contribution in [-0.2, 0) is 11.3 Å². The Hall–Kier alpha value is -1.62. The van der Waals surface area contributed by atoms with E-state index in [0.29, 0.717) is 13.1 Å². The van der Waals surface area contributed by atoms with Crippen molar-refractivity contribution in [1.82, 2.24) is 4.57 Å². The van der Waals surface area contributed by atoms with Crippen LogP contribution in [0.1, 0.15) is 10.4 Å². The Morgan fingerprint density at radius 2 is 2.36 bits per heavy atom. The molecule has 0 amide bonds.